The van der Waals surface area contributed by atoms with Gasteiger partial charge in [-0.05, 0) is 26.7 Å². The van der Waals surface area contributed by atoms with Crippen molar-refractivity contribution in [1.29, 1.82) is 0 Å². The lowest BCUT2D eigenvalue weighted by Crippen LogP contribution is -2.45. The maximum Gasteiger partial charge on any atom is 0.333 e. The first-order valence-corrected chi connectivity index (χ1v) is 6.64. The molecule has 0 aromatic carbocycles. The van der Waals surface area contributed by atoms with Crippen LogP contribution in [0, 0.1) is 17.0 Å². The highest BCUT2D eigenvalue weighted by Crippen LogP contribution is 2.32. The molecule has 3 N–H and O–H groups in total. The molecule has 1 aromatic rings. The zero-order valence-corrected chi connectivity index (χ0v) is 12.1. The lowest BCUT2D eigenvalue weighted by Gasteiger charge is -2.32. The first kappa shape index (κ1) is 15.4. The van der Waals surface area contributed by atoms with E-state index in [9.17, 15) is 10.1 Å². The minimum Gasteiger partial charge on any atom is -0.358 e. The standard InChI is InChI=1S/C12H23N5O2/c1-5-12(6-2,8-13)14-11-10(17(18)19)9(4)15-16(11)7-3/h14H,5-8,13H2,1-4H3. The fraction of sp³-hybridized carbons (Fsp3) is 0.750. The van der Waals surface area contributed by atoms with Gasteiger partial charge in [0.25, 0.3) is 0 Å². The Morgan fingerprint density at radius 1 is 1.42 bits per heavy atom. The number of nitro groups is 1. The third-order valence-electron chi connectivity index (χ3n) is 3.71. The van der Waals surface area contributed by atoms with Gasteiger partial charge in [-0.25, -0.2) is 4.68 Å². The molecule has 0 aliphatic heterocycles. The van der Waals surface area contributed by atoms with Gasteiger partial charge in [0.05, 0.1) is 10.5 Å². The molecule has 0 saturated carbocycles. The Balaban J connectivity index is 3.28. The Morgan fingerprint density at radius 2 is 2.00 bits per heavy atom. The highest BCUT2D eigenvalue weighted by Gasteiger charge is 2.32. The number of rotatable bonds is 7. The number of nitrogens with zero attached hydrogens (tertiary/aromatic N) is 3. The molecule has 1 rings (SSSR count). The van der Waals surface area contributed by atoms with Crippen LogP contribution >= 0.6 is 0 Å². The van der Waals surface area contributed by atoms with Crippen LogP contribution in [0.15, 0.2) is 0 Å². The van der Waals surface area contributed by atoms with E-state index in [1.165, 1.54) is 0 Å². The molecule has 0 saturated heterocycles. The molecule has 1 aromatic heterocycles. The molecule has 0 atom stereocenters. The maximum absolute atomic E-state index is 11.2. The largest absolute Gasteiger partial charge is 0.358 e. The molecule has 0 bridgehead atoms. The fourth-order valence-electron chi connectivity index (χ4n) is 2.16. The van der Waals surface area contributed by atoms with E-state index in [0.29, 0.717) is 24.6 Å². The molecular weight excluding hydrogens is 246 g/mol. The number of hydrogen-bond donors (Lipinski definition) is 2. The summed E-state index contributed by atoms with van der Waals surface area (Å²) in [5.74, 6) is 0.458. The van der Waals surface area contributed by atoms with Crippen molar-refractivity contribution in [2.45, 2.75) is 52.6 Å². The van der Waals surface area contributed by atoms with Crippen LogP contribution in [0.2, 0.25) is 0 Å². The zero-order valence-electron chi connectivity index (χ0n) is 12.1. The van der Waals surface area contributed by atoms with Crippen LogP contribution in [0.1, 0.15) is 39.3 Å². The summed E-state index contributed by atoms with van der Waals surface area (Å²) in [6.07, 6.45) is 1.59. The van der Waals surface area contributed by atoms with Crippen molar-refractivity contribution in [3.8, 4) is 0 Å². The molecule has 108 valence electrons. The molecule has 7 nitrogen and oxygen atoms in total. The molecule has 0 fully saturated rings. The van der Waals surface area contributed by atoms with Gasteiger partial charge in [-0.2, -0.15) is 5.10 Å². The van der Waals surface area contributed by atoms with Crippen molar-refractivity contribution in [3.63, 3.8) is 0 Å². The molecule has 7 heteroatoms. The number of aromatic nitrogens is 2. The van der Waals surface area contributed by atoms with Crippen LogP contribution in [0.3, 0.4) is 0 Å². The van der Waals surface area contributed by atoms with Crippen molar-refractivity contribution >= 4 is 11.5 Å². The van der Waals surface area contributed by atoms with E-state index in [2.05, 4.69) is 10.4 Å². The topological polar surface area (TPSA) is 99.0 Å². The molecule has 0 unspecified atom stereocenters. The van der Waals surface area contributed by atoms with Gasteiger partial charge in [0, 0.05) is 13.1 Å². The summed E-state index contributed by atoms with van der Waals surface area (Å²) in [6, 6.07) is 0. The van der Waals surface area contributed by atoms with Crippen molar-refractivity contribution in [2.75, 3.05) is 11.9 Å². The van der Waals surface area contributed by atoms with E-state index < -0.39 is 0 Å². The minimum atomic E-state index is -0.385. The SMILES string of the molecule is CCn1nc(C)c([N+](=O)[O-])c1NC(CC)(CC)CN. The van der Waals surface area contributed by atoms with Crippen LogP contribution in [-0.2, 0) is 6.54 Å². The zero-order chi connectivity index (χ0) is 14.6. The molecule has 0 amide bonds. The van der Waals surface area contributed by atoms with E-state index in [4.69, 9.17) is 5.73 Å². The Hall–Kier alpha value is -1.63. The molecule has 0 spiro atoms. The van der Waals surface area contributed by atoms with Gasteiger partial charge in [-0.1, -0.05) is 13.8 Å². The Labute approximate surface area is 113 Å². The van der Waals surface area contributed by atoms with E-state index in [1.54, 1.807) is 11.6 Å². The Kier molecular flexibility index (Phi) is 4.88. The summed E-state index contributed by atoms with van der Waals surface area (Å²) >= 11 is 0. The first-order chi connectivity index (χ1) is 8.94. The molecule has 19 heavy (non-hydrogen) atoms. The Morgan fingerprint density at radius 3 is 2.37 bits per heavy atom. The molecular formula is C12H23N5O2. The number of aryl methyl sites for hydroxylation is 2. The van der Waals surface area contributed by atoms with Gasteiger partial charge in [0.15, 0.2) is 0 Å². The predicted octanol–water partition coefficient (Wildman–Crippen LogP) is 2.05. The summed E-state index contributed by atoms with van der Waals surface area (Å²) in [4.78, 5) is 10.8. The molecule has 1 heterocycles. The number of nitrogens with two attached hydrogens (primary N) is 1. The second-order valence-electron chi connectivity index (χ2n) is 4.67. The lowest BCUT2D eigenvalue weighted by atomic mass is 9.93. The van der Waals surface area contributed by atoms with Crippen molar-refractivity contribution < 1.29 is 4.92 Å². The third kappa shape index (κ3) is 2.86. The van der Waals surface area contributed by atoms with Gasteiger partial charge in [-0.3, -0.25) is 10.1 Å². The fourth-order valence-corrected chi connectivity index (χ4v) is 2.16. The van der Waals surface area contributed by atoms with Crippen LogP contribution in [0.5, 0.6) is 0 Å². The number of hydrogen-bond acceptors (Lipinski definition) is 5. The molecule has 0 aliphatic rings. The van der Waals surface area contributed by atoms with Gasteiger partial charge in [-0.15, -0.1) is 0 Å². The van der Waals surface area contributed by atoms with Crippen molar-refractivity contribution in [3.05, 3.63) is 15.8 Å². The summed E-state index contributed by atoms with van der Waals surface area (Å²) in [6.45, 7) is 8.60. The van der Waals surface area contributed by atoms with Gasteiger partial charge < -0.3 is 11.1 Å². The smallest absolute Gasteiger partial charge is 0.333 e. The van der Waals surface area contributed by atoms with E-state index >= 15 is 0 Å². The normalized spacial score (nSPS) is 11.6. The van der Waals surface area contributed by atoms with E-state index in [-0.39, 0.29) is 16.1 Å². The average molecular weight is 269 g/mol. The lowest BCUT2D eigenvalue weighted by molar-refractivity contribution is -0.384. The average Bonchev–Trinajstić information content (AvgIpc) is 2.72. The maximum atomic E-state index is 11.2. The van der Waals surface area contributed by atoms with Gasteiger partial charge >= 0.3 is 5.69 Å². The summed E-state index contributed by atoms with van der Waals surface area (Å²) in [7, 11) is 0. The highest BCUT2D eigenvalue weighted by molar-refractivity contribution is 5.60. The Bertz CT molecular complexity index is 443. The summed E-state index contributed by atoms with van der Waals surface area (Å²) in [5, 5.41) is 18.7. The monoisotopic (exact) mass is 269 g/mol. The summed E-state index contributed by atoms with van der Waals surface area (Å²) < 4.78 is 1.63. The van der Waals surface area contributed by atoms with E-state index in [0.717, 1.165) is 12.8 Å². The highest BCUT2D eigenvalue weighted by atomic mass is 16.6. The second kappa shape index (κ2) is 6.01. The second-order valence-corrected chi connectivity index (χ2v) is 4.67. The van der Waals surface area contributed by atoms with Crippen LogP contribution in [0.25, 0.3) is 0 Å². The van der Waals surface area contributed by atoms with Crippen molar-refractivity contribution in [1.82, 2.24) is 9.78 Å². The first-order valence-electron chi connectivity index (χ1n) is 6.64. The molecule has 0 radical (unpaired) electrons. The quantitative estimate of drug-likeness (QED) is 0.583. The predicted molar refractivity (Wildman–Crippen MR) is 75.3 cm³/mol. The summed E-state index contributed by atoms with van der Waals surface area (Å²) in [5.41, 5.74) is 5.98. The van der Waals surface area contributed by atoms with Crippen LogP contribution in [-0.4, -0.2) is 26.8 Å². The van der Waals surface area contributed by atoms with Gasteiger partial charge in [0.2, 0.25) is 5.82 Å². The minimum absolute atomic E-state index is 0.0431. The molecule has 0 aliphatic carbocycles. The van der Waals surface area contributed by atoms with Gasteiger partial charge in [0.1, 0.15) is 5.69 Å². The number of nitrogens with one attached hydrogen (secondary N) is 1. The van der Waals surface area contributed by atoms with Crippen LogP contribution < -0.4 is 11.1 Å². The van der Waals surface area contributed by atoms with E-state index in [1.807, 2.05) is 20.8 Å². The number of anilines is 1. The van der Waals surface area contributed by atoms with Crippen molar-refractivity contribution in [2.24, 2.45) is 5.73 Å². The third-order valence-corrected chi connectivity index (χ3v) is 3.71. The van der Waals surface area contributed by atoms with Crippen LogP contribution in [0.4, 0.5) is 11.5 Å².